The summed E-state index contributed by atoms with van der Waals surface area (Å²) < 4.78 is 0. The summed E-state index contributed by atoms with van der Waals surface area (Å²) in [5.41, 5.74) is 5.07. The van der Waals surface area contributed by atoms with Gasteiger partial charge in [0.1, 0.15) is 0 Å². The standard InChI is InChI=1S/C24H28N4O/c1-18(26-13-15-27(16-14-26)19-7-3-2-4-8-19)24(29)28-12-11-23-21(17-28)20-9-5-6-10-22(20)25-23/h2-10,18,25H,11-17H2,1H3/p+1/t18-/m0/s1. The topological polar surface area (TPSA) is 43.8 Å². The van der Waals surface area contributed by atoms with Gasteiger partial charge in [-0.05, 0) is 25.1 Å². The fourth-order valence-corrected chi connectivity index (χ4v) is 4.93. The van der Waals surface area contributed by atoms with Crippen LogP contribution in [0, 0.1) is 0 Å². The van der Waals surface area contributed by atoms with E-state index < -0.39 is 0 Å². The first-order valence-corrected chi connectivity index (χ1v) is 10.7. The van der Waals surface area contributed by atoms with Gasteiger partial charge in [0.2, 0.25) is 0 Å². The van der Waals surface area contributed by atoms with Gasteiger partial charge in [-0.15, -0.1) is 0 Å². The molecule has 3 heterocycles. The Morgan fingerprint density at radius 2 is 1.72 bits per heavy atom. The number of amides is 1. The van der Waals surface area contributed by atoms with Crippen molar-refractivity contribution in [2.24, 2.45) is 0 Å². The summed E-state index contributed by atoms with van der Waals surface area (Å²) in [5.74, 6) is 0.295. The molecule has 0 unspecified atom stereocenters. The zero-order valence-electron chi connectivity index (χ0n) is 17.0. The van der Waals surface area contributed by atoms with E-state index in [4.69, 9.17) is 0 Å². The second-order valence-corrected chi connectivity index (χ2v) is 8.34. The Balaban J connectivity index is 1.24. The van der Waals surface area contributed by atoms with Crippen molar-refractivity contribution in [1.82, 2.24) is 9.88 Å². The minimum Gasteiger partial charge on any atom is -0.360 e. The number of hydrogen-bond donors (Lipinski definition) is 2. The van der Waals surface area contributed by atoms with Crippen molar-refractivity contribution < 1.29 is 9.69 Å². The predicted octanol–water partition coefficient (Wildman–Crippen LogP) is 1.85. The molecule has 29 heavy (non-hydrogen) atoms. The molecule has 1 saturated heterocycles. The van der Waals surface area contributed by atoms with Gasteiger partial charge in [-0.2, -0.15) is 0 Å². The first kappa shape index (κ1) is 18.3. The number of aromatic amines is 1. The number of fused-ring (bicyclic) bond motifs is 3. The molecule has 1 fully saturated rings. The number of nitrogens with zero attached hydrogens (tertiary/aromatic N) is 2. The Morgan fingerprint density at radius 1 is 1.00 bits per heavy atom. The molecule has 3 aromatic rings. The van der Waals surface area contributed by atoms with Crippen molar-refractivity contribution in [2.45, 2.75) is 25.9 Å². The molecule has 2 aromatic carbocycles. The van der Waals surface area contributed by atoms with Crippen molar-refractivity contribution >= 4 is 22.5 Å². The number of rotatable bonds is 3. The van der Waals surface area contributed by atoms with Gasteiger partial charge in [-0.25, -0.2) is 0 Å². The molecule has 2 aliphatic rings. The van der Waals surface area contributed by atoms with Gasteiger partial charge in [0, 0.05) is 47.4 Å². The molecule has 0 bridgehead atoms. The first-order chi connectivity index (χ1) is 14.2. The van der Waals surface area contributed by atoms with E-state index in [-0.39, 0.29) is 6.04 Å². The van der Waals surface area contributed by atoms with Crippen LogP contribution >= 0.6 is 0 Å². The van der Waals surface area contributed by atoms with Crippen LogP contribution in [0.5, 0.6) is 0 Å². The second-order valence-electron chi connectivity index (χ2n) is 8.34. The number of para-hydroxylation sites is 2. The third-order valence-electron chi connectivity index (χ3n) is 6.70. The van der Waals surface area contributed by atoms with Gasteiger partial charge in [0.05, 0.1) is 26.2 Å². The number of benzene rings is 2. The Morgan fingerprint density at radius 3 is 2.52 bits per heavy atom. The Kier molecular flexibility index (Phi) is 4.76. The van der Waals surface area contributed by atoms with Gasteiger partial charge in [0.25, 0.3) is 5.91 Å². The maximum atomic E-state index is 13.3. The summed E-state index contributed by atoms with van der Waals surface area (Å²) in [5, 5.41) is 1.26. The Labute approximate surface area is 171 Å². The maximum absolute atomic E-state index is 13.3. The number of anilines is 1. The summed E-state index contributed by atoms with van der Waals surface area (Å²) in [6.07, 6.45) is 0.916. The zero-order chi connectivity index (χ0) is 19.8. The van der Waals surface area contributed by atoms with Crippen LogP contribution in [0.3, 0.4) is 0 Å². The average Bonchev–Trinajstić information content (AvgIpc) is 3.17. The van der Waals surface area contributed by atoms with Gasteiger partial charge >= 0.3 is 0 Å². The number of hydrogen-bond acceptors (Lipinski definition) is 2. The van der Waals surface area contributed by atoms with Crippen LogP contribution in [0.25, 0.3) is 10.9 Å². The fourth-order valence-electron chi connectivity index (χ4n) is 4.93. The smallest absolute Gasteiger partial charge is 0.280 e. The predicted molar refractivity (Wildman–Crippen MR) is 116 cm³/mol. The third kappa shape index (κ3) is 3.40. The highest BCUT2D eigenvalue weighted by Gasteiger charge is 2.34. The molecule has 2 N–H and O–H groups in total. The van der Waals surface area contributed by atoms with Gasteiger partial charge in [0.15, 0.2) is 6.04 Å². The summed E-state index contributed by atoms with van der Waals surface area (Å²) in [4.78, 5) is 22.8. The molecule has 0 radical (unpaired) electrons. The number of piperazine rings is 1. The van der Waals surface area contributed by atoms with Crippen molar-refractivity contribution in [3.05, 3.63) is 65.9 Å². The molecular weight excluding hydrogens is 360 g/mol. The monoisotopic (exact) mass is 389 g/mol. The van der Waals surface area contributed by atoms with Crippen LogP contribution in [0.2, 0.25) is 0 Å². The summed E-state index contributed by atoms with van der Waals surface area (Å²) in [7, 11) is 0. The minimum absolute atomic E-state index is 0.0136. The van der Waals surface area contributed by atoms with Crippen LogP contribution < -0.4 is 9.80 Å². The number of H-pyrrole nitrogens is 1. The van der Waals surface area contributed by atoms with Crippen LogP contribution in [-0.4, -0.2) is 54.6 Å². The Hall–Kier alpha value is -2.79. The summed E-state index contributed by atoms with van der Waals surface area (Å²) >= 11 is 0. The number of quaternary nitrogens is 1. The van der Waals surface area contributed by atoms with E-state index in [1.165, 1.54) is 32.7 Å². The third-order valence-corrected chi connectivity index (χ3v) is 6.70. The average molecular weight is 390 g/mol. The fraction of sp³-hybridized carbons (Fsp3) is 0.375. The van der Waals surface area contributed by atoms with E-state index in [0.717, 1.165) is 45.7 Å². The van der Waals surface area contributed by atoms with Crippen LogP contribution in [0.1, 0.15) is 18.2 Å². The molecular formula is C24H29N4O+. The molecule has 5 nitrogen and oxygen atoms in total. The molecule has 5 heteroatoms. The lowest BCUT2D eigenvalue weighted by molar-refractivity contribution is -0.915. The molecule has 0 aliphatic carbocycles. The van der Waals surface area contributed by atoms with E-state index >= 15 is 0 Å². The first-order valence-electron chi connectivity index (χ1n) is 10.7. The van der Waals surface area contributed by atoms with Crippen molar-refractivity contribution in [2.75, 3.05) is 37.6 Å². The summed E-state index contributed by atoms with van der Waals surface area (Å²) in [6, 6.07) is 19.0. The lowest BCUT2D eigenvalue weighted by atomic mass is 10.0. The molecule has 0 saturated carbocycles. The zero-order valence-corrected chi connectivity index (χ0v) is 17.0. The van der Waals surface area contributed by atoms with Gasteiger partial charge in [-0.3, -0.25) is 4.79 Å². The lowest BCUT2D eigenvalue weighted by Crippen LogP contribution is -3.19. The minimum atomic E-state index is 0.0136. The second kappa shape index (κ2) is 7.56. The normalized spacial score (nSPS) is 18.7. The van der Waals surface area contributed by atoms with Crippen LogP contribution in [0.4, 0.5) is 5.69 Å². The van der Waals surface area contributed by atoms with Crippen molar-refractivity contribution in [1.29, 1.82) is 0 Å². The quantitative estimate of drug-likeness (QED) is 0.718. The van der Waals surface area contributed by atoms with Crippen molar-refractivity contribution in [3.8, 4) is 0 Å². The van der Waals surface area contributed by atoms with E-state index in [0.29, 0.717) is 5.91 Å². The highest BCUT2D eigenvalue weighted by Crippen LogP contribution is 2.27. The molecule has 1 atom stereocenters. The van der Waals surface area contributed by atoms with Crippen LogP contribution in [-0.2, 0) is 17.8 Å². The molecule has 1 aromatic heterocycles. The van der Waals surface area contributed by atoms with E-state index in [2.05, 4.69) is 76.3 Å². The number of nitrogens with one attached hydrogen (secondary N) is 2. The molecule has 150 valence electrons. The maximum Gasteiger partial charge on any atom is 0.280 e. The van der Waals surface area contributed by atoms with E-state index in [9.17, 15) is 4.79 Å². The Bertz CT molecular complexity index is 1000. The molecule has 5 rings (SSSR count). The summed E-state index contributed by atoms with van der Waals surface area (Å²) in [6.45, 7) is 7.67. The van der Waals surface area contributed by atoms with Gasteiger partial charge in [-0.1, -0.05) is 36.4 Å². The van der Waals surface area contributed by atoms with E-state index in [1.54, 1.807) is 0 Å². The molecule has 0 spiro atoms. The SMILES string of the molecule is C[C@@H](C(=O)N1CCc2[nH]c3ccccc3c2C1)[NH+]1CCN(c2ccccc2)CC1. The number of aromatic nitrogens is 1. The highest BCUT2D eigenvalue weighted by atomic mass is 16.2. The highest BCUT2D eigenvalue weighted by molar-refractivity contribution is 5.86. The lowest BCUT2D eigenvalue weighted by Gasteiger charge is -2.38. The van der Waals surface area contributed by atoms with E-state index in [1.807, 2.05) is 0 Å². The van der Waals surface area contributed by atoms with Crippen molar-refractivity contribution in [3.63, 3.8) is 0 Å². The molecule has 1 amide bonds. The molecule has 2 aliphatic heterocycles. The number of carbonyl (C=O) groups is 1. The van der Waals surface area contributed by atoms with Crippen LogP contribution in [0.15, 0.2) is 54.6 Å². The van der Waals surface area contributed by atoms with Gasteiger partial charge < -0.3 is 19.7 Å². The number of carbonyl (C=O) groups excluding carboxylic acids is 1. The largest absolute Gasteiger partial charge is 0.360 e.